The molecule has 1 N–H and O–H groups in total. The molecule has 2 rings (SSSR count). The number of aliphatic hydroxyl groups is 1. The zero-order valence-corrected chi connectivity index (χ0v) is 10.7. The van der Waals surface area contributed by atoms with Gasteiger partial charge in [0.05, 0.1) is 5.75 Å². The number of benzene rings is 1. The maximum absolute atomic E-state index is 11.4. The molecule has 0 aliphatic heterocycles. The summed E-state index contributed by atoms with van der Waals surface area (Å²) in [6, 6.07) is 7.19. The molecule has 0 saturated heterocycles. The van der Waals surface area contributed by atoms with E-state index in [2.05, 4.69) is 0 Å². The van der Waals surface area contributed by atoms with E-state index in [1.54, 1.807) is 18.4 Å². The molecule has 88 valence electrons. The van der Waals surface area contributed by atoms with Crippen molar-refractivity contribution in [2.24, 2.45) is 5.92 Å². The molecule has 0 heterocycles. The van der Waals surface area contributed by atoms with Crippen molar-refractivity contribution < 1.29 is 9.32 Å². The fourth-order valence-electron chi connectivity index (χ4n) is 2.05. The minimum absolute atomic E-state index is 0.248. The lowest BCUT2D eigenvalue weighted by Gasteiger charge is -2.27. The van der Waals surface area contributed by atoms with Crippen molar-refractivity contribution in [3.05, 3.63) is 34.9 Å². The van der Waals surface area contributed by atoms with Crippen molar-refractivity contribution in [3.8, 4) is 0 Å². The van der Waals surface area contributed by atoms with Crippen LogP contribution < -0.4 is 0 Å². The molecule has 4 heteroatoms. The van der Waals surface area contributed by atoms with Gasteiger partial charge in [-0.1, -0.05) is 23.7 Å². The maximum atomic E-state index is 11.4. The first-order valence-corrected chi connectivity index (χ1v) is 7.41. The average Bonchev–Trinajstić information content (AvgIpc) is 3.00. The maximum Gasteiger partial charge on any atom is 0.104 e. The van der Waals surface area contributed by atoms with E-state index >= 15 is 0 Å². The Kier molecular flexibility index (Phi) is 3.38. The third kappa shape index (κ3) is 2.47. The zero-order valence-electron chi connectivity index (χ0n) is 9.15. The van der Waals surface area contributed by atoms with Crippen LogP contribution in [0.3, 0.4) is 0 Å². The summed E-state index contributed by atoms with van der Waals surface area (Å²) < 4.78 is 11.4. The van der Waals surface area contributed by atoms with Crippen LogP contribution in [0.4, 0.5) is 0 Å². The van der Waals surface area contributed by atoms with Gasteiger partial charge in [-0.2, -0.15) is 0 Å². The van der Waals surface area contributed by atoms with Crippen LogP contribution in [-0.2, 0) is 16.4 Å². The third-order valence-electron chi connectivity index (χ3n) is 3.02. The van der Waals surface area contributed by atoms with Crippen LogP contribution in [0.5, 0.6) is 0 Å². The largest absolute Gasteiger partial charge is 0.384 e. The third-order valence-corrected chi connectivity index (χ3v) is 4.12. The van der Waals surface area contributed by atoms with Crippen molar-refractivity contribution in [2.75, 3.05) is 12.0 Å². The second-order valence-corrected chi connectivity index (χ2v) is 6.29. The van der Waals surface area contributed by atoms with Gasteiger partial charge in [-0.05, 0) is 36.5 Å². The first-order chi connectivity index (χ1) is 7.52. The molecule has 0 aromatic heterocycles. The van der Waals surface area contributed by atoms with Gasteiger partial charge in [-0.3, -0.25) is 4.21 Å². The summed E-state index contributed by atoms with van der Waals surface area (Å²) in [4.78, 5) is 0. The van der Waals surface area contributed by atoms with Gasteiger partial charge in [-0.25, -0.2) is 0 Å². The highest BCUT2D eigenvalue weighted by molar-refractivity contribution is 7.84. The van der Waals surface area contributed by atoms with Gasteiger partial charge in [-0.15, -0.1) is 0 Å². The van der Waals surface area contributed by atoms with E-state index in [1.807, 2.05) is 12.1 Å². The van der Waals surface area contributed by atoms with E-state index in [0.29, 0.717) is 10.8 Å². The second kappa shape index (κ2) is 4.47. The molecule has 2 nitrogen and oxygen atoms in total. The molecule has 16 heavy (non-hydrogen) atoms. The van der Waals surface area contributed by atoms with Crippen LogP contribution in [0.25, 0.3) is 0 Å². The molecule has 0 spiro atoms. The molecule has 0 amide bonds. The van der Waals surface area contributed by atoms with Gasteiger partial charge < -0.3 is 5.11 Å². The van der Waals surface area contributed by atoms with Gasteiger partial charge in [0, 0.05) is 22.1 Å². The molecule has 1 fully saturated rings. The van der Waals surface area contributed by atoms with E-state index in [0.717, 1.165) is 18.4 Å². The fraction of sp³-hybridized carbons (Fsp3) is 0.500. The SMILES string of the molecule is C[S@](=O)C[C@@](O)(c1ccc(Cl)cc1)C1CC1. The monoisotopic (exact) mass is 258 g/mol. The van der Waals surface area contributed by atoms with Crippen LogP contribution in [0.15, 0.2) is 24.3 Å². The first-order valence-electron chi connectivity index (χ1n) is 5.31. The Morgan fingerprint density at radius 1 is 1.44 bits per heavy atom. The Morgan fingerprint density at radius 3 is 2.44 bits per heavy atom. The van der Waals surface area contributed by atoms with E-state index in [9.17, 15) is 9.32 Å². The Bertz CT molecular complexity index is 400. The number of halogens is 1. The minimum Gasteiger partial charge on any atom is -0.384 e. The van der Waals surface area contributed by atoms with Crippen LogP contribution in [0, 0.1) is 5.92 Å². The van der Waals surface area contributed by atoms with Gasteiger partial charge in [0.15, 0.2) is 0 Å². The second-order valence-electron chi connectivity index (χ2n) is 4.42. The molecule has 2 atom stereocenters. The number of hydrogen-bond donors (Lipinski definition) is 1. The Balaban J connectivity index is 2.31. The van der Waals surface area contributed by atoms with Crippen LogP contribution in [0.1, 0.15) is 18.4 Å². The van der Waals surface area contributed by atoms with E-state index in [1.165, 1.54) is 0 Å². The molecule has 1 aliphatic carbocycles. The highest BCUT2D eigenvalue weighted by Gasteiger charge is 2.45. The smallest absolute Gasteiger partial charge is 0.104 e. The molecule has 0 unspecified atom stereocenters. The molecule has 0 radical (unpaired) electrons. The number of rotatable bonds is 4. The topological polar surface area (TPSA) is 37.3 Å². The predicted molar refractivity (Wildman–Crippen MR) is 67.0 cm³/mol. The molecule has 1 aromatic rings. The molecule has 1 aliphatic rings. The van der Waals surface area contributed by atoms with E-state index in [-0.39, 0.29) is 5.92 Å². The summed E-state index contributed by atoms with van der Waals surface area (Å²) >= 11 is 5.82. The summed E-state index contributed by atoms with van der Waals surface area (Å²) in [5.41, 5.74) is -0.112. The van der Waals surface area contributed by atoms with Crippen molar-refractivity contribution >= 4 is 22.4 Å². The lowest BCUT2D eigenvalue weighted by atomic mass is 9.91. The van der Waals surface area contributed by atoms with Gasteiger partial charge in [0.1, 0.15) is 5.60 Å². The van der Waals surface area contributed by atoms with Gasteiger partial charge in [0.25, 0.3) is 0 Å². The van der Waals surface area contributed by atoms with Crippen LogP contribution in [0.2, 0.25) is 5.02 Å². The summed E-state index contributed by atoms with van der Waals surface area (Å²) in [5, 5.41) is 11.3. The van der Waals surface area contributed by atoms with Crippen molar-refractivity contribution in [1.82, 2.24) is 0 Å². The molecular weight excluding hydrogens is 244 g/mol. The minimum atomic E-state index is -1.00. The zero-order chi connectivity index (χ0) is 11.8. The van der Waals surface area contributed by atoms with E-state index < -0.39 is 16.4 Å². The van der Waals surface area contributed by atoms with Crippen molar-refractivity contribution in [3.63, 3.8) is 0 Å². The fourth-order valence-corrected chi connectivity index (χ4v) is 3.19. The highest BCUT2D eigenvalue weighted by Crippen LogP contribution is 2.46. The predicted octanol–water partition coefficient (Wildman–Crippen LogP) is 2.32. The Hall–Kier alpha value is -0.380. The summed E-state index contributed by atoms with van der Waals surface area (Å²) in [5.74, 6) is 0.553. The van der Waals surface area contributed by atoms with Crippen molar-refractivity contribution in [1.29, 1.82) is 0 Å². The molecule has 1 aromatic carbocycles. The average molecular weight is 259 g/mol. The van der Waals surface area contributed by atoms with Gasteiger partial charge in [0.2, 0.25) is 0 Å². The molecular formula is C12H15ClO2S. The standard InChI is InChI=1S/C12H15ClO2S/c1-16(15)8-12(14,9-2-3-9)10-4-6-11(13)7-5-10/h4-7,9,14H,2-3,8H2,1H3/t12-,16-/m0/s1. The quantitative estimate of drug-likeness (QED) is 0.900. The van der Waals surface area contributed by atoms with Crippen LogP contribution in [-0.4, -0.2) is 21.3 Å². The molecule has 0 bridgehead atoms. The molecule has 1 saturated carbocycles. The lowest BCUT2D eigenvalue weighted by Crippen LogP contribution is -2.34. The van der Waals surface area contributed by atoms with E-state index in [4.69, 9.17) is 11.6 Å². The van der Waals surface area contributed by atoms with Crippen LogP contribution >= 0.6 is 11.6 Å². The normalized spacial score (nSPS) is 21.4. The van der Waals surface area contributed by atoms with Gasteiger partial charge >= 0.3 is 0 Å². The Morgan fingerprint density at radius 2 is 2.00 bits per heavy atom. The first kappa shape index (κ1) is 12.1. The summed E-state index contributed by atoms with van der Waals surface area (Å²) in [6.07, 6.45) is 3.65. The highest BCUT2D eigenvalue weighted by atomic mass is 35.5. The lowest BCUT2D eigenvalue weighted by molar-refractivity contribution is 0.0375. The summed E-state index contributed by atoms with van der Waals surface area (Å²) in [7, 11) is -1.00. The summed E-state index contributed by atoms with van der Waals surface area (Å²) in [6.45, 7) is 0. The Labute approximate surface area is 103 Å². The number of hydrogen-bond acceptors (Lipinski definition) is 2. The van der Waals surface area contributed by atoms with Crippen molar-refractivity contribution in [2.45, 2.75) is 18.4 Å².